The van der Waals surface area contributed by atoms with E-state index in [1.807, 2.05) is 6.92 Å². The van der Waals surface area contributed by atoms with Crippen molar-refractivity contribution in [3.63, 3.8) is 0 Å². The van der Waals surface area contributed by atoms with Gasteiger partial charge in [-0.05, 0) is 17.7 Å². The highest BCUT2D eigenvalue weighted by Crippen LogP contribution is 2.06. The highest BCUT2D eigenvalue weighted by atomic mass is 32.3. The maximum atomic E-state index is 11.3. The van der Waals surface area contributed by atoms with Crippen molar-refractivity contribution in [2.45, 2.75) is 58.8 Å². The molecule has 7 nitrogen and oxygen atoms in total. The molecular formula is C16H30O7S. The van der Waals surface area contributed by atoms with Crippen LogP contribution in [0.4, 0.5) is 0 Å². The minimum Gasteiger partial charge on any atom is -0.379 e. The molecule has 0 spiro atoms. The molecule has 0 aliphatic carbocycles. The van der Waals surface area contributed by atoms with Gasteiger partial charge in [0.15, 0.2) is 6.11 Å². The molecule has 8 heteroatoms. The van der Waals surface area contributed by atoms with Crippen molar-refractivity contribution in [3.8, 4) is 12.0 Å². The standard InChI is InChI=1S/C16H30O7S/c1-3-5-6-7-8-9-10-11-12-21-23-24(17,18)22-16-15-20-14-13-19-4-2/h3-10,13-16H2,1-2H3. The molecule has 0 rings (SSSR count). The molecule has 0 heterocycles. The van der Waals surface area contributed by atoms with Crippen molar-refractivity contribution in [3.05, 3.63) is 0 Å². The van der Waals surface area contributed by atoms with Crippen molar-refractivity contribution in [2.24, 2.45) is 0 Å². The fraction of sp³-hybridized carbons (Fsp3) is 0.875. The SMILES string of the molecule is CCCCCCCCC#COOS(=O)(=O)OCCOCCOCC. The summed E-state index contributed by atoms with van der Waals surface area (Å²) in [4.78, 5) is 4.32. The zero-order chi connectivity index (χ0) is 17.9. The highest BCUT2D eigenvalue weighted by Gasteiger charge is 2.13. The molecule has 0 atom stereocenters. The first-order valence-corrected chi connectivity index (χ1v) is 9.83. The molecule has 0 aliphatic heterocycles. The minimum atomic E-state index is -4.22. The third-order valence-electron chi connectivity index (χ3n) is 2.92. The van der Waals surface area contributed by atoms with Gasteiger partial charge in [0.25, 0.3) is 0 Å². The van der Waals surface area contributed by atoms with E-state index in [4.69, 9.17) is 9.47 Å². The van der Waals surface area contributed by atoms with Gasteiger partial charge in [0.2, 0.25) is 0 Å². The van der Waals surface area contributed by atoms with Crippen LogP contribution in [-0.2, 0) is 33.3 Å². The molecule has 0 aromatic heterocycles. The van der Waals surface area contributed by atoms with Crippen LogP contribution in [-0.4, -0.2) is 41.5 Å². The number of ether oxygens (including phenoxy) is 2. The summed E-state index contributed by atoms with van der Waals surface area (Å²) in [5, 5.41) is 0. The maximum absolute atomic E-state index is 11.3. The van der Waals surface area contributed by atoms with Gasteiger partial charge in [0.1, 0.15) is 0 Å². The summed E-state index contributed by atoms with van der Waals surface area (Å²) in [7, 11) is -4.22. The summed E-state index contributed by atoms with van der Waals surface area (Å²) in [5.74, 6) is 2.69. The lowest BCUT2D eigenvalue weighted by molar-refractivity contribution is -0.139. The Kier molecular flexibility index (Phi) is 16.4. The molecule has 0 radical (unpaired) electrons. The van der Waals surface area contributed by atoms with E-state index in [9.17, 15) is 8.42 Å². The molecule has 0 aliphatic rings. The Hall–Kier alpha value is -0.850. The zero-order valence-electron chi connectivity index (χ0n) is 14.8. The predicted molar refractivity (Wildman–Crippen MR) is 90.1 cm³/mol. The molecule has 0 amide bonds. The largest absolute Gasteiger partial charge is 0.436 e. The summed E-state index contributed by atoms with van der Waals surface area (Å²) in [5.41, 5.74) is 0. The molecule has 0 aromatic carbocycles. The lowest BCUT2D eigenvalue weighted by Gasteiger charge is -2.04. The summed E-state index contributed by atoms with van der Waals surface area (Å²) >= 11 is 0. The van der Waals surface area contributed by atoms with Crippen LogP contribution in [0.25, 0.3) is 0 Å². The van der Waals surface area contributed by atoms with E-state index in [1.165, 1.54) is 25.7 Å². The van der Waals surface area contributed by atoms with Crippen molar-refractivity contribution in [2.75, 3.05) is 33.0 Å². The third-order valence-corrected chi connectivity index (χ3v) is 3.61. The van der Waals surface area contributed by atoms with Crippen LogP contribution in [0.3, 0.4) is 0 Å². The second-order valence-corrected chi connectivity index (χ2v) is 6.18. The topological polar surface area (TPSA) is 80.3 Å². The van der Waals surface area contributed by atoms with E-state index >= 15 is 0 Å². The van der Waals surface area contributed by atoms with E-state index in [1.54, 1.807) is 0 Å². The molecule has 0 saturated heterocycles. The number of unbranched alkanes of at least 4 members (excludes halogenated alkanes) is 6. The van der Waals surface area contributed by atoms with E-state index in [0.29, 0.717) is 26.2 Å². The van der Waals surface area contributed by atoms with Crippen LogP contribution in [0.2, 0.25) is 0 Å². The maximum Gasteiger partial charge on any atom is 0.436 e. The Balaban J connectivity index is 3.52. The Morgan fingerprint density at radius 2 is 1.50 bits per heavy atom. The first kappa shape index (κ1) is 23.1. The van der Waals surface area contributed by atoms with Gasteiger partial charge in [-0.2, -0.15) is 8.42 Å². The van der Waals surface area contributed by atoms with Crippen LogP contribution in [0.1, 0.15) is 58.8 Å². The first-order chi connectivity index (χ1) is 11.6. The molecule has 0 bridgehead atoms. The molecular weight excluding hydrogens is 336 g/mol. The van der Waals surface area contributed by atoms with Gasteiger partial charge in [0.05, 0.1) is 26.4 Å². The van der Waals surface area contributed by atoms with E-state index < -0.39 is 10.4 Å². The Labute approximate surface area is 146 Å². The predicted octanol–water partition coefficient (Wildman–Crippen LogP) is 2.96. The van der Waals surface area contributed by atoms with Crippen LogP contribution in [0.15, 0.2) is 0 Å². The lowest BCUT2D eigenvalue weighted by Crippen LogP contribution is -2.15. The average Bonchev–Trinajstić information content (AvgIpc) is 2.55. The second-order valence-electron chi connectivity index (χ2n) is 4.99. The van der Waals surface area contributed by atoms with Gasteiger partial charge in [-0.25, -0.2) is 4.18 Å². The smallest absolute Gasteiger partial charge is 0.379 e. The number of rotatable bonds is 16. The Morgan fingerprint density at radius 3 is 2.25 bits per heavy atom. The molecule has 0 N–H and O–H groups in total. The van der Waals surface area contributed by atoms with E-state index in [2.05, 4.69) is 32.4 Å². The molecule has 0 unspecified atom stereocenters. The van der Waals surface area contributed by atoms with Gasteiger partial charge in [0, 0.05) is 13.0 Å². The van der Waals surface area contributed by atoms with Gasteiger partial charge >= 0.3 is 10.4 Å². The van der Waals surface area contributed by atoms with Gasteiger partial charge in [-0.1, -0.05) is 44.9 Å². The first-order valence-electron chi connectivity index (χ1n) is 8.50. The van der Waals surface area contributed by atoms with Crippen LogP contribution in [0.5, 0.6) is 0 Å². The summed E-state index contributed by atoms with van der Waals surface area (Å²) < 4.78 is 41.4. The quantitative estimate of drug-likeness (QED) is 0.180. The average molecular weight is 366 g/mol. The molecule has 142 valence electrons. The summed E-state index contributed by atoms with van der Waals surface area (Å²) in [6.45, 7) is 5.44. The fourth-order valence-corrected chi connectivity index (χ4v) is 2.14. The van der Waals surface area contributed by atoms with Crippen molar-refractivity contribution >= 4 is 10.4 Å². The fourth-order valence-electron chi connectivity index (χ4n) is 1.71. The Morgan fingerprint density at radius 1 is 0.833 bits per heavy atom. The van der Waals surface area contributed by atoms with Crippen molar-refractivity contribution in [1.82, 2.24) is 0 Å². The minimum absolute atomic E-state index is 0.110. The molecule has 0 saturated carbocycles. The van der Waals surface area contributed by atoms with Gasteiger partial charge in [-0.15, -0.1) is 0 Å². The van der Waals surface area contributed by atoms with Crippen LogP contribution >= 0.6 is 0 Å². The van der Waals surface area contributed by atoms with Crippen LogP contribution < -0.4 is 0 Å². The van der Waals surface area contributed by atoms with Gasteiger partial charge < -0.3 is 9.47 Å². The molecule has 24 heavy (non-hydrogen) atoms. The van der Waals surface area contributed by atoms with Crippen LogP contribution in [0, 0.1) is 12.0 Å². The molecule has 0 fully saturated rings. The normalized spacial score (nSPS) is 11.1. The third kappa shape index (κ3) is 17.5. The lowest BCUT2D eigenvalue weighted by atomic mass is 10.1. The monoisotopic (exact) mass is 366 g/mol. The summed E-state index contributed by atoms with van der Waals surface area (Å²) in [6.07, 6.45) is 9.83. The molecule has 0 aromatic rings. The van der Waals surface area contributed by atoms with Crippen molar-refractivity contribution in [1.29, 1.82) is 0 Å². The number of hydrogen-bond acceptors (Lipinski definition) is 7. The Bertz CT molecular complexity index is 425. The second kappa shape index (κ2) is 17.0. The van der Waals surface area contributed by atoms with E-state index in [0.717, 1.165) is 12.8 Å². The summed E-state index contributed by atoms with van der Waals surface area (Å²) in [6, 6.07) is 0. The van der Waals surface area contributed by atoms with E-state index in [-0.39, 0.29) is 13.2 Å². The van der Waals surface area contributed by atoms with Gasteiger partial charge in [-0.3, -0.25) is 4.89 Å². The van der Waals surface area contributed by atoms with Crippen molar-refractivity contribution < 1.29 is 31.3 Å². The number of hydrogen-bond donors (Lipinski definition) is 0. The zero-order valence-corrected chi connectivity index (χ0v) is 15.6. The highest BCUT2D eigenvalue weighted by molar-refractivity contribution is 7.81.